The van der Waals surface area contributed by atoms with Gasteiger partial charge in [-0.15, -0.1) is 0 Å². The number of pyridine rings is 1. The predicted molar refractivity (Wildman–Crippen MR) is 47.1 cm³/mol. The number of Topliss-reactive ketones (excluding diaryl/α,β-unsaturated/α-hetero) is 1. The lowest BCUT2D eigenvalue weighted by atomic mass is 10.1. The molecule has 12 heavy (non-hydrogen) atoms. The van der Waals surface area contributed by atoms with Crippen LogP contribution in [0.3, 0.4) is 0 Å². The maximum absolute atomic E-state index is 11.0. The van der Waals surface area contributed by atoms with Crippen molar-refractivity contribution in [2.24, 2.45) is 5.73 Å². The maximum atomic E-state index is 11.0. The summed E-state index contributed by atoms with van der Waals surface area (Å²) in [5.41, 5.74) is 6.55. The summed E-state index contributed by atoms with van der Waals surface area (Å²) in [5, 5.41) is 0. The average Bonchev–Trinajstić information content (AvgIpc) is 2.07. The van der Waals surface area contributed by atoms with Crippen molar-refractivity contribution in [3.05, 3.63) is 36.3 Å². The number of rotatable bonds is 2. The molecule has 0 aromatic carbocycles. The van der Waals surface area contributed by atoms with Gasteiger partial charge in [-0.05, 0) is 13.0 Å². The first-order valence-electron chi connectivity index (χ1n) is 3.59. The molecule has 0 fully saturated rings. The lowest BCUT2D eigenvalue weighted by Crippen LogP contribution is -1.99. The number of nitrogens with two attached hydrogens (primary N) is 1. The number of ketones is 1. The highest BCUT2D eigenvalue weighted by Gasteiger charge is 2.04. The van der Waals surface area contributed by atoms with Crippen molar-refractivity contribution in [3.8, 4) is 0 Å². The van der Waals surface area contributed by atoms with Gasteiger partial charge in [0.15, 0.2) is 5.78 Å². The first kappa shape index (κ1) is 8.46. The molecule has 0 aliphatic carbocycles. The highest BCUT2D eigenvalue weighted by molar-refractivity contribution is 6.19. The fraction of sp³-hybridized carbons (Fsp3) is 0.111. The molecule has 0 saturated heterocycles. The van der Waals surface area contributed by atoms with E-state index in [0.717, 1.165) is 5.56 Å². The zero-order chi connectivity index (χ0) is 8.97. The van der Waals surface area contributed by atoms with Crippen LogP contribution in [0.5, 0.6) is 0 Å². The van der Waals surface area contributed by atoms with Gasteiger partial charge in [0.25, 0.3) is 0 Å². The molecule has 2 N–H and O–H groups in total. The van der Waals surface area contributed by atoms with E-state index in [9.17, 15) is 4.79 Å². The third-order valence-corrected chi connectivity index (χ3v) is 1.52. The SMILES string of the molecule is CC(=O)/C(=C\N)c1cccnc1. The summed E-state index contributed by atoms with van der Waals surface area (Å²) >= 11 is 0. The molecule has 0 atom stereocenters. The number of carbonyl (C=O) groups excluding carboxylic acids is 1. The molecule has 3 nitrogen and oxygen atoms in total. The van der Waals surface area contributed by atoms with E-state index in [0.29, 0.717) is 5.57 Å². The van der Waals surface area contributed by atoms with Crippen molar-refractivity contribution in [1.82, 2.24) is 4.98 Å². The number of allylic oxidation sites excluding steroid dienone is 1. The first-order valence-corrected chi connectivity index (χ1v) is 3.59. The van der Waals surface area contributed by atoms with Crippen LogP contribution in [0.4, 0.5) is 0 Å². The summed E-state index contributed by atoms with van der Waals surface area (Å²) in [7, 11) is 0. The molecular formula is C9H10N2O. The zero-order valence-electron chi connectivity index (χ0n) is 6.82. The van der Waals surface area contributed by atoms with E-state index in [1.54, 1.807) is 24.5 Å². The minimum Gasteiger partial charge on any atom is -0.404 e. The third kappa shape index (κ3) is 1.69. The molecule has 3 heteroatoms. The maximum Gasteiger partial charge on any atom is 0.161 e. The summed E-state index contributed by atoms with van der Waals surface area (Å²) in [6.45, 7) is 1.48. The fourth-order valence-electron chi connectivity index (χ4n) is 0.939. The second kappa shape index (κ2) is 3.67. The minimum absolute atomic E-state index is 0.0505. The molecule has 0 aliphatic heterocycles. The molecule has 0 aliphatic rings. The molecule has 1 rings (SSSR count). The van der Waals surface area contributed by atoms with Crippen LogP contribution in [0.25, 0.3) is 5.57 Å². The summed E-state index contributed by atoms with van der Waals surface area (Å²) in [5.74, 6) is -0.0505. The van der Waals surface area contributed by atoms with Crippen molar-refractivity contribution in [2.45, 2.75) is 6.92 Å². The van der Waals surface area contributed by atoms with E-state index < -0.39 is 0 Å². The Labute approximate surface area is 70.9 Å². The van der Waals surface area contributed by atoms with Gasteiger partial charge in [-0.3, -0.25) is 9.78 Å². The van der Waals surface area contributed by atoms with Crippen molar-refractivity contribution < 1.29 is 4.79 Å². The van der Waals surface area contributed by atoms with Gasteiger partial charge in [0, 0.05) is 29.7 Å². The molecule has 0 spiro atoms. The molecule has 0 saturated carbocycles. The molecule has 0 radical (unpaired) electrons. The van der Waals surface area contributed by atoms with Crippen LogP contribution in [0, 0.1) is 0 Å². The monoisotopic (exact) mass is 162 g/mol. The number of carbonyl (C=O) groups is 1. The summed E-state index contributed by atoms with van der Waals surface area (Å²) in [6.07, 6.45) is 4.57. The number of hydrogen-bond donors (Lipinski definition) is 1. The van der Waals surface area contributed by atoms with Gasteiger partial charge in [-0.2, -0.15) is 0 Å². The topological polar surface area (TPSA) is 56.0 Å². The van der Waals surface area contributed by atoms with Crippen molar-refractivity contribution in [3.63, 3.8) is 0 Å². The minimum atomic E-state index is -0.0505. The van der Waals surface area contributed by atoms with E-state index in [1.165, 1.54) is 13.1 Å². The first-order chi connectivity index (χ1) is 5.75. The lowest BCUT2D eigenvalue weighted by molar-refractivity contribution is -0.111. The van der Waals surface area contributed by atoms with Crippen molar-refractivity contribution in [1.29, 1.82) is 0 Å². The van der Waals surface area contributed by atoms with E-state index in [-0.39, 0.29) is 5.78 Å². The van der Waals surface area contributed by atoms with E-state index in [4.69, 9.17) is 5.73 Å². The van der Waals surface area contributed by atoms with Crippen LogP contribution < -0.4 is 5.73 Å². The van der Waals surface area contributed by atoms with Gasteiger partial charge >= 0.3 is 0 Å². The second-order valence-corrected chi connectivity index (χ2v) is 2.38. The Hall–Kier alpha value is -1.64. The standard InChI is InChI=1S/C9H10N2O/c1-7(12)9(5-10)8-3-2-4-11-6-8/h2-6H,10H2,1H3/b9-5+. The average molecular weight is 162 g/mol. The Morgan fingerprint density at radius 2 is 2.42 bits per heavy atom. The second-order valence-electron chi connectivity index (χ2n) is 2.38. The third-order valence-electron chi connectivity index (χ3n) is 1.52. The molecule has 0 unspecified atom stereocenters. The van der Waals surface area contributed by atoms with Gasteiger partial charge in [-0.25, -0.2) is 0 Å². The smallest absolute Gasteiger partial charge is 0.161 e. The highest BCUT2D eigenvalue weighted by Crippen LogP contribution is 2.11. The Morgan fingerprint density at radius 1 is 1.67 bits per heavy atom. The summed E-state index contributed by atoms with van der Waals surface area (Å²) < 4.78 is 0. The van der Waals surface area contributed by atoms with Crippen LogP contribution in [0.15, 0.2) is 30.7 Å². The van der Waals surface area contributed by atoms with E-state index in [1.807, 2.05) is 0 Å². The van der Waals surface area contributed by atoms with Crippen LogP contribution in [0.1, 0.15) is 12.5 Å². The summed E-state index contributed by atoms with van der Waals surface area (Å²) in [4.78, 5) is 14.9. The largest absolute Gasteiger partial charge is 0.404 e. The van der Waals surface area contributed by atoms with Gasteiger partial charge in [0.05, 0.1) is 0 Å². The highest BCUT2D eigenvalue weighted by atomic mass is 16.1. The molecule has 62 valence electrons. The van der Waals surface area contributed by atoms with Gasteiger partial charge in [0.2, 0.25) is 0 Å². The summed E-state index contributed by atoms with van der Waals surface area (Å²) in [6, 6.07) is 3.56. The van der Waals surface area contributed by atoms with Crippen LogP contribution in [-0.2, 0) is 4.79 Å². The Balaban J connectivity index is 3.05. The van der Waals surface area contributed by atoms with Crippen molar-refractivity contribution in [2.75, 3.05) is 0 Å². The van der Waals surface area contributed by atoms with Gasteiger partial charge < -0.3 is 5.73 Å². The quantitative estimate of drug-likeness (QED) is 0.659. The van der Waals surface area contributed by atoms with E-state index >= 15 is 0 Å². The lowest BCUT2D eigenvalue weighted by Gasteiger charge is -2.00. The molecular weight excluding hydrogens is 152 g/mol. The molecule has 1 aromatic heterocycles. The normalized spacial score (nSPS) is 11.2. The molecule has 1 heterocycles. The predicted octanol–water partition coefficient (Wildman–Crippen LogP) is 0.970. The molecule has 0 amide bonds. The number of nitrogens with zero attached hydrogens (tertiary/aromatic N) is 1. The number of aromatic nitrogens is 1. The van der Waals surface area contributed by atoms with Gasteiger partial charge in [0.1, 0.15) is 0 Å². The Bertz CT molecular complexity index is 304. The Kier molecular flexibility index (Phi) is 2.58. The molecule has 0 bridgehead atoms. The van der Waals surface area contributed by atoms with Crippen molar-refractivity contribution >= 4 is 11.4 Å². The zero-order valence-corrected chi connectivity index (χ0v) is 6.82. The fourth-order valence-corrected chi connectivity index (χ4v) is 0.939. The van der Waals surface area contributed by atoms with Gasteiger partial charge in [-0.1, -0.05) is 6.07 Å². The Morgan fingerprint density at radius 3 is 2.83 bits per heavy atom. The number of hydrogen-bond acceptors (Lipinski definition) is 3. The van der Waals surface area contributed by atoms with Crippen LogP contribution >= 0.6 is 0 Å². The molecule has 1 aromatic rings. The van der Waals surface area contributed by atoms with Crippen LogP contribution in [-0.4, -0.2) is 10.8 Å². The van der Waals surface area contributed by atoms with E-state index in [2.05, 4.69) is 4.98 Å². The van der Waals surface area contributed by atoms with Crippen LogP contribution in [0.2, 0.25) is 0 Å².